The number of methoxy groups -OCH3 is 1. The smallest absolute Gasteiger partial charge is 0.305 e. The van der Waals surface area contributed by atoms with Crippen LogP contribution in [0.2, 0.25) is 0 Å². The Hall–Kier alpha value is -1.06. The molecule has 1 amide bonds. The lowest BCUT2D eigenvalue weighted by molar-refractivity contribution is -0.140. The van der Waals surface area contributed by atoms with Gasteiger partial charge in [-0.3, -0.25) is 9.59 Å². The minimum atomic E-state index is -0.157. The fourth-order valence-electron chi connectivity index (χ4n) is 0.927. The molecule has 1 aliphatic heterocycles. The summed E-state index contributed by atoms with van der Waals surface area (Å²) in [6, 6.07) is 0. The summed E-state index contributed by atoms with van der Waals surface area (Å²) in [6.45, 7) is 2.71. The first kappa shape index (κ1) is 11.9. The fraction of sp³-hybridized carbons (Fsp3) is 0.778. The van der Waals surface area contributed by atoms with Gasteiger partial charge in [-0.1, -0.05) is 6.92 Å². The number of rotatable bonds is 1. The second-order valence-electron chi connectivity index (χ2n) is 2.85. The van der Waals surface area contributed by atoms with Gasteiger partial charge in [-0.15, -0.1) is 0 Å². The van der Waals surface area contributed by atoms with Crippen LogP contribution in [0.25, 0.3) is 0 Å². The standard InChI is InChI=1S/C5H9NO.C4H8O2/c1-6-4-2-3-5(6)7;1-3-4(5)6-2/h2-4H2,1H3;3H2,1-2H3. The number of hydrogen-bond donors (Lipinski definition) is 0. The molecule has 0 aromatic rings. The second kappa shape index (κ2) is 6.46. The van der Waals surface area contributed by atoms with Crippen molar-refractivity contribution in [1.29, 1.82) is 0 Å². The minimum absolute atomic E-state index is 0.157. The van der Waals surface area contributed by atoms with Crippen molar-refractivity contribution in [3.05, 3.63) is 0 Å². The first-order chi connectivity index (χ1) is 6.11. The maximum Gasteiger partial charge on any atom is 0.305 e. The van der Waals surface area contributed by atoms with Crippen molar-refractivity contribution < 1.29 is 14.3 Å². The Morgan fingerprint density at radius 1 is 1.62 bits per heavy atom. The van der Waals surface area contributed by atoms with Gasteiger partial charge >= 0.3 is 5.97 Å². The number of esters is 1. The monoisotopic (exact) mass is 187 g/mol. The SMILES string of the molecule is CCC(=O)OC.CN1CCCC1=O. The molecule has 1 heterocycles. The summed E-state index contributed by atoms with van der Waals surface area (Å²) < 4.78 is 4.26. The normalized spacial score (nSPS) is 15.0. The Kier molecular flexibility index (Phi) is 5.93. The first-order valence-electron chi connectivity index (χ1n) is 4.42. The zero-order valence-corrected chi connectivity index (χ0v) is 8.50. The molecule has 0 N–H and O–H groups in total. The van der Waals surface area contributed by atoms with E-state index in [1.807, 2.05) is 7.05 Å². The Morgan fingerprint density at radius 2 is 2.23 bits per heavy atom. The molecule has 0 aromatic carbocycles. The van der Waals surface area contributed by atoms with Crippen LogP contribution in [0.15, 0.2) is 0 Å². The summed E-state index contributed by atoms with van der Waals surface area (Å²) >= 11 is 0. The Bertz CT molecular complexity index is 174. The van der Waals surface area contributed by atoms with Crippen LogP contribution in [0, 0.1) is 0 Å². The van der Waals surface area contributed by atoms with Crippen LogP contribution >= 0.6 is 0 Å². The summed E-state index contributed by atoms with van der Waals surface area (Å²) in [5.41, 5.74) is 0. The molecule has 0 saturated carbocycles. The zero-order chi connectivity index (χ0) is 10.3. The van der Waals surface area contributed by atoms with Gasteiger partial charge in [-0.2, -0.15) is 0 Å². The third-order valence-corrected chi connectivity index (χ3v) is 1.83. The Morgan fingerprint density at radius 3 is 2.31 bits per heavy atom. The van der Waals surface area contributed by atoms with Crippen LogP contribution in [0.1, 0.15) is 26.2 Å². The fourth-order valence-corrected chi connectivity index (χ4v) is 0.927. The van der Waals surface area contributed by atoms with E-state index in [0.29, 0.717) is 12.3 Å². The molecule has 0 radical (unpaired) electrons. The molecule has 1 rings (SSSR count). The maximum atomic E-state index is 10.5. The van der Waals surface area contributed by atoms with Gasteiger partial charge in [0.25, 0.3) is 0 Å². The molecule has 1 fully saturated rings. The van der Waals surface area contributed by atoms with Crippen molar-refractivity contribution in [1.82, 2.24) is 4.90 Å². The summed E-state index contributed by atoms with van der Waals surface area (Å²) in [4.78, 5) is 22.2. The lowest BCUT2D eigenvalue weighted by atomic mass is 10.4. The van der Waals surface area contributed by atoms with Gasteiger partial charge in [0.15, 0.2) is 0 Å². The van der Waals surface area contributed by atoms with E-state index >= 15 is 0 Å². The van der Waals surface area contributed by atoms with Gasteiger partial charge in [0.2, 0.25) is 5.91 Å². The molecule has 0 unspecified atom stereocenters. The van der Waals surface area contributed by atoms with Crippen molar-refractivity contribution in [2.24, 2.45) is 0 Å². The van der Waals surface area contributed by atoms with Crippen molar-refractivity contribution in [3.8, 4) is 0 Å². The van der Waals surface area contributed by atoms with Gasteiger partial charge in [0, 0.05) is 26.4 Å². The van der Waals surface area contributed by atoms with Gasteiger partial charge in [0.05, 0.1) is 7.11 Å². The number of carbonyl (C=O) groups excluding carboxylic acids is 2. The van der Waals surface area contributed by atoms with Crippen molar-refractivity contribution in [2.45, 2.75) is 26.2 Å². The van der Waals surface area contributed by atoms with E-state index in [0.717, 1.165) is 19.4 Å². The van der Waals surface area contributed by atoms with Crippen molar-refractivity contribution in [2.75, 3.05) is 20.7 Å². The summed E-state index contributed by atoms with van der Waals surface area (Å²) in [7, 11) is 3.22. The number of hydrogen-bond acceptors (Lipinski definition) is 3. The van der Waals surface area contributed by atoms with E-state index in [1.54, 1.807) is 11.8 Å². The Balaban J connectivity index is 0.000000226. The van der Waals surface area contributed by atoms with Crippen molar-refractivity contribution in [3.63, 3.8) is 0 Å². The molecule has 0 bridgehead atoms. The van der Waals surface area contributed by atoms with Gasteiger partial charge in [0.1, 0.15) is 0 Å². The average Bonchev–Trinajstić information content (AvgIpc) is 2.51. The van der Waals surface area contributed by atoms with Crippen LogP contribution in [-0.2, 0) is 14.3 Å². The molecule has 4 heteroatoms. The van der Waals surface area contributed by atoms with E-state index in [-0.39, 0.29) is 5.97 Å². The quantitative estimate of drug-likeness (QED) is 0.571. The molecule has 4 nitrogen and oxygen atoms in total. The Labute approximate surface area is 78.9 Å². The maximum absolute atomic E-state index is 10.5. The predicted octanol–water partition coefficient (Wildman–Crippen LogP) is 0.808. The molecule has 13 heavy (non-hydrogen) atoms. The van der Waals surface area contributed by atoms with E-state index in [4.69, 9.17) is 0 Å². The zero-order valence-electron chi connectivity index (χ0n) is 8.50. The van der Waals surface area contributed by atoms with E-state index in [1.165, 1.54) is 7.11 Å². The van der Waals surface area contributed by atoms with Gasteiger partial charge in [-0.05, 0) is 6.42 Å². The number of ether oxygens (including phenoxy) is 1. The minimum Gasteiger partial charge on any atom is -0.469 e. The molecular formula is C9H17NO3. The topological polar surface area (TPSA) is 46.6 Å². The third kappa shape index (κ3) is 5.22. The highest BCUT2D eigenvalue weighted by Gasteiger charge is 2.14. The number of carbonyl (C=O) groups is 2. The van der Waals surface area contributed by atoms with E-state index in [9.17, 15) is 9.59 Å². The number of likely N-dealkylation sites (tertiary alicyclic amines) is 1. The van der Waals surface area contributed by atoms with E-state index < -0.39 is 0 Å². The third-order valence-electron chi connectivity index (χ3n) is 1.83. The highest BCUT2D eigenvalue weighted by molar-refractivity contribution is 5.77. The molecule has 0 spiro atoms. The molecule has 0 atom stereocenters. The summed E-state index contributed by atoms with van der Waals surface area (Å²) in [5, 5.41) is 0. The highest BCUT2D eigenvalue weighted by Crippen LogP contribution is 2.04. The lowest BCUT2D eigenvalue weighted by Crippen LogP contribution is -2.17. The largest absolute Gasteiger partial charge is 0.469 e. The highest BCUT2D eigenvalue weighted by atomic mass is 16.5. The van der Waals surface area contributed by atoms with Crippen LogP contribution in [0.5, 0.6) is 0 Å². The predicted molar refractivity (Wildman–Crippen MR) is 49.2 cm³/mol. The molecular weight excluding hydrogens is 170 g/mol. The second-order valence-corrected chi connectivity index (χ2v) is 2.85. The average molecular weight is 187 g/mol. The van der Waals surface area contributed by atoms with Crippen LogP contribution in [0.4, 0.5) is 0 Å². The summed E-state index contributed by atoms with van der Waals surface area (Å²) in [6.07, 6.45) is 2.28. The van der Waals surface area contributed by atoms with Crippen molar-refractivity contribution >= 4 is 11.9 Å². The van der Waals surface area contributed by atoms with Crippen LogP contribution in [0.3, 0.4) is 0 Å². The van der Waals surface area contributed by atoms with Crippen LogP contribution in [-0.4, -0.2) is 37.5 Å². The molecule has 76 valence electrons. The molecule has 0 aromatic heterocycles. The molecule has 0 aliphatic carbocycles. The van der Waals surface area contributed by atoms with E-state index in [2.05, 4.69) is 4.74 Å². The summed E-state index contributed by atoms with van der Waals surface area (Å²) in [5.74, 6) is 0.134. The van der Waals surface area contributed by atoms with Crippen LogP contribution < -0.4 is 0 Å². The number of nitrogens with zero attached hydrogens (tertiary/aromatic N) is 1. The first-order valence-corrected chi connectivity index (χ1v) is 4.42. The molecule has 1 aliphatic rings. The molecule has 1 saturated heterocycles. The lowest BCUT2D eigenvalue weighted by Gasteiger charge is -2.03. The number of amides is 1. The van der Waals surface area contributed by atoms with Gasteiger partial charge < -0.3 is 9.64 Å². The van der Waals surface area contributed by atoms with Gasteiger partial charge in [-0.25, -0.2) is 0 Å².